The summed E-state index contributed by atoms with van der Waals surface area (Å²) < 4.78 is 23.3. The van der Waals surface area contributed by atoms with E-state index >= 15 is 0 Å². The quantitative estimate of drug-likeness (QED) is 0.647. The molecule has 2 aliphatic heterocycles. The first-order valence-corrected chi connectivity index (χ1v) is 9.22. The number of anilines is 1. The Kier molecular flexibility index (Phi) is 4.26. The van der Waals surface area contributed by atoms with Crippen LogP contribution in [0.3, 0.4) is 0 Å². The highest BCUT2D eigenvalue weighted by Crippen LogP contribution is 2.36. The lowest BCUT2D eigenvalue weighted by Gasteiger charge is -2.44. The lowest BCUT2D eigenvalue weighted by atomic mass is 9.99. The van der Waals surface area contributed by atoms with Crippen molar-refractivity contribution in [1.29, 1.82) is 0 Å². The smallest absolute Gasteiger partial charge is 0.312 e. The van der Waals surface area contributed by atoms with Crippen LogP contribution in [0, 0.1) is 10.1 Å². The standard InChI is InChI=1S/C14H20N4O4S/c15-23(21,22)13-6-3-5-12(14(13)18(19)20)17-9-8-16-7-2-1-4-11(16)10-17/h3,5-6,11H,1-2,4,7-10H2,(H2,15,21,22). The number of piperidine rings is 1. The number of nitro groups is 1. The number of hydrogen-bond donors (Lipinski definition) is 1. The second-order valence-corrected chi connectivity index (χ2v) is 7.59. The van der Waals surface area contributed by atoms with Crippen molar-refractivity contribution in [3.63, 3.8) is 0 Å². The number of para-hydroxylation sites is 1. The van der Waals surface area contributed by atoms with E-state index in [9.17, 15) is 18.5 Å². The average Bonchev–Trinajstić information content (AvgIpc) is 2.52. The second-order valence-electron chi connectivity index (χ2n) is 6.06. The first-order chi connectivity index (χ1) is 10.9. The predicted octanol–water partition coefficient (Wildman–Crippen LogP) is 0.917. The summed E-state index contributed by atoms with van der Waals surface area (Å²) in [6.45, 7) is 3.22. The van der Waals surface area contributed by atoms with Gasteiger partial charge in [0.25, 0.3) is 0 Å². The fourth-order valence-electron chi connectivity index (χ4n) is 3.55. The van der Waals surface area contributed by atoms with Crippen LogP contribution in [0.4, 0.5) is 11.4 Å². The highest BCUT2D eigenvalue weighted by molar-refractivity contribution is 7.89. The highest BCUT2D eigenvalue weighted by atomic mass is 32.2. The molecule has 1 aromatic carbocycles. The molecule has 23 heavy (non-hydrogen) atoms. The van der Waals surface area contributed by atoms with Gasteiger partial charge in [0.05, 0.1) is 4.92 Å². The molecule has 1 atom stereocenters. The zero-order valence-electron chi connectivity index (χ0n) is 12.7. The third-order valence-electron chi connectivity index (χ3n) is 4.64. The van der Waals surface area contributed by atoms with Crippen molar-refractivity contribution in [2.45, 2.75) is 30.2 Å². The van der Waals surface area contributed by atoms with Crippen LogP contribution in [0.25, 0.3) is 0 Å². The number of benzene rings is 1. The third kappa shape index (κ3) is 3.17. The van der Waals surface area contributed by atoms with Crippen molar-refractivity contribution in [3.8, 4) is 0 Å². The molecule has 8 nitrogen and oxygen atoms in total. The number of rotatable bonds is 3. The minimum atomic E-state index is -4.14. The Balaban J connectivity index is 1.98. The SMILES string of the molecule is NS(=O)(=O)c1cccc(N2CCN3CCCCC3C2)c1[N+](=O)[O-]. The van der Waals surface area contributed by atoms with Crippen molar-refractivity contribution in [2.75, 3.05) is 31.1 Å². The summed E-state index contributed by atoms with van der Waals surface area (Å²) in [5, 5.41) is 16.6. The first kappa shape index (κ1) is 16.2. The van der Waals surface area contributed by atoms with Crippen molar-refractivity contribution in [3.05, 3.63) is 28.3 Å². The largest absolute Gasteiger partial charge is 0.363 e. The molecule has 0 bridgehead atoms. The van der Waals surface area contributed by atoms with Gasteiger partial charge in [-0.2, -0.15) is 0 Å². The molecule has 2 N–H and O–H groups in total. The zero-order valence-corrected chi connectivity index (χ0v) is 13.5. The molecule has 0 spiro atoms. The van der Waals surface area contributed by atoms with E-state index in [-0.39, 0.29) is 0 Å². The molecule has 2 saturated heterocycles. The van der Waals surface area contributed by atoms with E-state index in [2.05, 4.69) is 4.90 Å². The van der Waals surface area contributed by atoms with Gasteiger partial charge in [0.15, 0.2) is 4.90 Å². The van der Waals surface area contributed by atoms with Gasteiger partial charge in [-0.1, -0.05) is 12.5 Å². The second kappa shape index (κ2) is 6.06. The van der Waals surface area contributed by atoms with Gasteiger partial charge in [-0.15, -0.1) is 0 Å². The van der Waals surface area contributed by atoms with Crippen LogP contribution in [0.15, 0.2) is 23.1 Å². The molecule has 2 fully saturated rings. The monoisotopic (exact) mass is 340 g/mol. The van der Waals surface area contributed by atoms with Crippen LogP contribution in [0.2, 0.25) is 0 Å². The van der Waals surface area contributed by atoms with E-state index in [1.54, 1.807) is 6.07 Å². The molecular weight excluding hydrogens is 320 g/mol. The molecule has 1 unspecified atom stereocenters. The minimum Gasteiger partial charge on any atom is -0.363 e. The number of hydrogen-bond acceptors (Lipinski definition) is 6. The third-order valence-corrected chi connectivity index (χ3v) is 5.59. The molecule has 0 aliphatic carbocycles. The maximum atomic E-state index is 11.7. The predicted molar refractivity (Wildman–Crippen MR) is 85.9 cm³/mol. The molecule has 2 heterocycles. The number of sulfonamides is 1. The van der Waals surface area contributed by atoms with Gasteiger partial charge in [-0.25, -0.2) is 13.6 Å². The van der Waals surface area contributed by atoms with Gasteiger partial charge in [0.1, 0.15) is 5.69 Å². The molecule has 2 aliphatic rings. The average molecular weight is 340 g/mol. The van der Waals surface area contributed by atoms with Crippen molar-refractivity contribution in [2.24, 2.45) is 5.14 Å². The van der Waals surface area contributed by atoms with Gasteiger partial charge in [-0.05, 0) is 31.5 Å². The molecular formula is C14H20N4O4S. The number of primary sulfonamides is 1. The fraction of sp³-hybridized carbons (Fsp3) is 0.571. The van der Waals surface area contributed by atoms with E-state index in [1.807, 2.05) is 4.90 Å². The first-order valence-electron chi connectivity index (χ1n) is 7.67. The summed E-state index contributed by atoms with van der Waals surface area (Å²) in [6.07, 6.45) is 3.42. The van der Waals surface area contributed by atoms with Gasteiger partial charge in [0.2, 0.25) is 10.0 Å². The molecule has 0 radical (unpaired) electrons. The van der Waals surface area contributed by atoms with Crippen molar-refractivity contribution < 1.29 is 13.3 Å². The van der Waals surface area contributed by atoms with E-state index < -0.39 is 25.5 Å². The zero-order chi connectivity index (χ0) is 16.6. The van der Waals surface area contributed by atoms with Crippen LogP contribution in [-0.4, -0.2) is 50.5 Å². The molecule has 0 aromatic heterocycles. The molecule has 126 valence electrons. The molecule has 0 amide bonds. The van der Waals surface area contributed by atoms with Crippen LogP contribution in [0.1, 0.15) is 19.3 Å². The van der Waals surface area contributed by atoms with Gasteiger partial charge in [-0.3, -0.25) is 15.0 Å². The number of nitrogens with two attached hydrogens (primary N) is 1. The summed E-state index contributed by atoms with van der Waals surface area (Å²) >= 11 is 0. The molecule has 3 rings (SSSR count). The summed E-state index contributed by atoms with van der Waals surface area (Å²) in [5.41, 5.74) is -0.0778. The van der Waals surface area contributed by atoms with E-state index in [0.717, 1.165) is 25.9 Å². The van der Waals surface area contributed by atoms with Crippen LogP contribution in [0.5, 0.6) is 0 Å². The van der Waals surface area contributed by atoms with Gasteiger partial charge < -0.3 is 4.90 Å². The number of fused-ring (bicyclic) bond motifs is 1. The fourth-order valence-corrected chi connectivity index (χ4v) is 4.27. The number of piperazine rings is 1. The molecule has 0 saturated carbocycles. The lowest BCUT2D eigenvalue weighted by Crippen LogP contribution is -2.55. The Morgan fingerprint density at radius 3 is 2.70 bits per heavy atom. The summed E-state index contributed by atoms with van der Waals surface area (Å²) in [7, 11) is -4.14. The highest BCUT2D eigenvalue weighted by Gasteiger charge is 2.34. The van der Waals surface area contributed by atoms with Crippen molar-refractivity contribution >= 4 is 21.4 Å². The van der Waals surface area contributed by atoms with Crippen LogP contribution in [-0.2, 0) is 10.0 Å². The molecule has 1 aromatic rings. The number of nitrogens with zero attached hydrogens (tertiary/aromatic N) is 3. The van der Waals surface area contributed by atoms with E-state index in [4.69, 9.17) is 5.14 Å². The van der Waals surface area contributed by atoms with Crippen LogP contribution >= 0.6 is 0 Å². The lowest BCUT2D eigenvalue weighted by molar-refractivity contribution is -0.387. The Bertz CT molecular complexity index is 721. The summed E-state index contributed by atoms with van der Waals surface area (Å²) in [6, 6.07) is 4.67. The molecule has 9 heteroatoms. The van der Waals surface area contributed by atoms with E-state index in [1.165, 1.54) is 18.6 Å². The van der Waals surface area contributed by atoms with Gasteiger partial charge >= 0.3 is 5.69 Å². The number of nitro benzene ring substituents is 1. The minimum absolute atomic E-state index is 0.340. The summed E-state index contributed by atoms with van der Waals surface area (Å²) in [5.74, 6) is 0. The van der Waals surface area contributed by atoms with Crippen molar-refractivity contribution in [1.82, 2.24) is 4.90 Å². The van der Waals surface area contributed by atoms with Gasteiger partial charge in [0, 0.05) is 25.7 Å². The maximum absolute atomic E-state index is 11.7. The van der Waals surface area contributed by atoms with E-state index in [0.29, 0.717) is 24.8 Å². The Labute approximate surface area is 135 Å². The Hall–Kier alpha value is -1.71. The topological polar surface area (TPSA) is 110 Å². The maximum Gasteiger partial charge on any atom is 0.312 e. The van der Waals surface area contributed by atoms with Crippen LogP contribution < -0.4 is 10.0 Å². The summed E-state index contributed by atoms with van der Waals surface area (Å²) in [4.78, 5) is 14.7. The Morgan fingerprint density at radius 1 is 1.22 bits per heavy atom. The normalized spacial score (nSPS) is 22.7. The Morgan fingerprint density at radius 2 is 2.00 bits per heavy atom.